The van der Waals surface area contributed by atoms with Gasteiger partial charge >= 0.3 is 12.1 Å². The number of alkyl halides is 3. The largest absolute Gasteiger partial charge is 0.464 e. The number of carbonyl (C=O) groups is 2. The number of ether oxygens (including phenoxy) is 1. The maximum absolute atomic E-state index is 12.5. The Morgan fingerprint density at radius 3 is 2.29 bits per heavy atom. The van der Waals surface area contributed by atoms with E-state index in [9.17, 15) is 22.8 Å². The van der Waals surface area contributed by atoms with E-state index >= 15 is 0 Å². The van der Waals surface area contributed by atoms with Crippen molar-refractivity contribution in [1.29, 1.82) is 0 Å². The average molecular weight is 345 g/mol. The van der Waals surface area contributed by atoms with E-state index in [2.05, 4.69) is 12.2 Å². The number of amides is 1. The van der Waals surface area contributed by atoms with Crippen LogP contribution in [0.25, 0.3) is 0 Å². The molecular formula is C17H22F3NO3. The van der Waals surface area contributed by atoms with Crippen LogP contribution in [0.1, 0.15) is 55.5 Å². The van der Waals surface area contributed by atoms with Crippen molar-refractivity contribution < 1.29 is 27.5 Å². The summed E-state index contributed by atoms with van der Waals surface area (Å²) in [6, 6.07) is 2.92. The van der Waals surface area contributed by atoms with E-state index in [0.29, 0.717) is 6.61 Å². The van der Waals surface area contributed by atoms with Gasteiger partial charge in [0.1, 0.15) is 6.04 Å². The standard InChI is InChI=1S/C17H22F3NO3/c1-3-4-5-6-11-24-16(23)12(2)21-15(22)13-7-9-14(10-8-13)17(18,19)20/h7-10,12H,3-6,11H2,1-2H3,(H,21,22)/t12-/m0/s1. The lowest BCUT2D eigenvalue weighted by Crippen LogP contribution is -2.39. The fraction of sp³-hybridized carbons (Fsp3) is 0.529. The summed E-state index contributed by atoms with van der Waals surface area (Å²) in [5.41, 5.74) is -0.788. The molecule has 1 atom stereocenters. The van der Waals surface area contributed by atoms with Crippen LogP contribution in [0.2, 0.25) is 0 Å². The van der Waals surface area contributed by atoms with Crippen molar-refractivity contribution >= 4 is 11.9 Å². The minimum atomic E-state index is -4.45. The molecule has 134 valence electrons. The first-order valence-corrected chi connectivity index (χ1v) is 7.90. The summed E-state index contributed by atoms with van der Waals surface area (Å²) in [6.45, 7) is 3.83. The van der Waals surface area contributed by atoms with Crippen LogP contribution < -0.4 is 5.32 Å². The number of benzene rings is 1. The van der Waals surface area contributed by atoms with Crippen molar-refractivity contribution in [2.24, 2.45) is 0 Å². The first kappa shape index (κ1) is 20.0. The number of carbonyl (C=O) groups excluding carboxylic acids is 2. The van der Waals surface area contributed by atoms with Crippen LogP contribution in [0.3, 0.4) is 0 Å². The zero-order valence-corrected chi connectivity index (χ0v) is 13.8. The van der Waals surface area contributed by atoms with E-state index < -0.39 is 29.7 Å². The van der Waals surface area contributed by atoms with E-state index in [0.717, 1.165) is 49.9 Å². The molecule has 1 N–H and O–H groups in total. The summed E-state index contributed by atoms with van der Waals surface area (Å²) in [5.74, 6) is -1.19. The smallest absolute Gasteiger partial charge is 0.416 e. The van der Waals surface area contributed by atoms with E-state index in [-0.39, 0.29) is 5.56 Å². The molecule has 0 aromatic heterocycles. The predicted octanol–water partition coefficient (Wildman–Crippen LogP) is 3.95. The van der Waals surface area contributed by atoms with E-state index in [1.54, 1.807) is 0 Å². The molecule has 0 spiro atoms. The van der Waals surface area contributed by atoms with Crippen molar-refractivity contribution in [2.45, 2.75) is 51.7 Å². The molecule has 0 unspecified atom stereocenters. The highest BCUT2D eigenvalue weighted by molar-refractivity contribution is 5.96. The van der Waals surface area contributed by atoms with Crippen LogP contribution in [0.4, 0.5) is 13.2 Å². The summed E-state index contributed by atoms with van der Waals surface area (Å²) in [4.78, 5) is 23.7. The molecule has 1 rings (SSSR count). The predicted molar refractivity (Wildman–Crippen MR) is 83.5 cm³/mol. The van der Waals surface area contributed by atoms with Crippen molar-refractivity contribution in [2.75, 3.05) is 6.61 Å². The van der Waals surface area contributed by atoms with Gasteiger partial charge in [0.25, 0.3) is 5.91 Å². The highest BCUT2D eigenvalue weighted by Crippen LogP contribution is 2.29. The monoisotopic (exact) mass is 345 g/mol. The fourth-order valence-corrected chi connectivity index (χ4v) is 1.98. The number of nitrogens with one attached hydrogen (secondary N) is 1. The second-order valence-corrected chi connectivity index (χ2v) is 5.50. The van der Waals surface area contributed by atoms with E-state index in [1.165, 1.54) is 6.92 Å². The summed E-state index contributed by atoms with van der Waals surface area (Å²) in [6.07, 6.45) is -0.579. The Morgan fingerprint density at radius 2 is 1.75 bits per heavy atom. The normalized spacial score (nSPS) is 12.5. The van der Waals surface area contributed by atoms with Crippen molar-refractivity contribution in [3.8, 4) is 0 Å². The molecule has 0 bridgehead atoms. The average Bonchev–Trinajstić information content (AvgIpc) is 2.53. The highest BCUT2D eigenvalue weighted by Gasteiger charge is 2.30. The molecule has 0 radical (unpaired) electrons. The molecular weight excluding hydrogens is 323 g/mol. The van der Waals surface area contributed by atoms with Gasteiger partial charge in [-0.05, 0) is 37.6 Å². The first-order chi connectivity index (χ1) is 11.3. The molecule has 1 aromatic rings. The Balaban J connectivity index is 2.47. The highest BCUT2D eigenvalue weighted by atomic mass is 19.4. The van der Waals surface area contributed by atoms with Crippen LogP contribution in [-0.4, -0.2) is 24.5 Å². The Kier molecular flexibility index (Phi) is 7.74. The van der Waals surface area contributed by atoms with Gasteiger partial charge in [-0.2, -0.15) is 13.2 Å². The van der Waals surface area contributed by atoms with Gasteiger partial charge in [0.2, 0.25) is 0 Å². The topological polar surface area (TPSA) is 55.4 Å². The van der Waals surface area contributed by atoms with E-state index in [4.69, 9.17) is 4.74 Å². The van der Waals surface area contributed by atoms with Gasteiger partial charge in [0.05, 0.1) is 12.2 Å². The third-order valence-electron chi connectivity index (χ3n) is 3.42. The molecule has 0 aliphatic rings. The van der Waals surface area contributed by atoms with Crippen LogP contribution in [0, 0.1) is 0 Å². The van der Waals surface area contributed by atoms with Crippen molar-refractivity contribution in [1.82, 2.24) is 5.32 Å². The molecule has 0 aliphatic heterocycles. The lowest BCUT2D eigenvalue weighted by molar-refractivity contribution is -0.145. The molecule has 4 nitrogen and oxygen atoms in total. The molecule has 0 saturated carbocycles. The number of esters is 1. The number of halogens is 3. The van der Waals surface area contributed by atoms with Gasteiger partial charge < -0.3 is 10.1 Å². The van der Waals surface area contributed by atoms with Crippen LogP contribution in [0.15, 0.2) is 24.3 Å². The number of rotatable bonds is 8. The third kappa shape index (κ3) is 6.60. The molecule has 7 heteroatoms. The molecule has 24 heavy (non-hydrogen) atoms. The van der Waals surface area contributed by atoms with Crippen LogP contribution in [-0.2, 0) is 15.7 Å². The Labute approximate surface area is 139 Å². The van der Waals surface area contributed by atoms with Crippen LogP contribution >= 0.6 is 0 Å². The van der Waals surface area contributed by atoms with Crippen molar-refractivity contribution in [3.05, 3.63) is 35.4 Å². The van der Waals surface area contributed by atoms with Gasteiger partial charge in [-0.1, -0.05) is 26.2 Å². The first-order valence-electron chi connectivity index (χ1n) is 7.90. The van der Waals surface area contributed by atoms with Gasteiger partial charge in [-0.3, -0.25) is 4.79 Å². The Morgan fingerprint density at radius 1 is 1.12 bits per heavy atom. The van der Waals surface area contributed by atoms with E-state index in [1.807, 2.05) is 0 Å². The minimum Gasteiger partial charge on any atom is -0.464 e. The molecule has 0 fully saturated rings. The lowest BCUT2D eigenvalue weighted by Gasteiger charge is -2.14. The van der Waals surface area contributed by atoms with Gasteiger partial charge in [0.15, 0.2) is 0 Å². The SMILES string of the molecule is CCCCCCOC(=O)[C@H](C)NC(=O)c1ccc(C(F)(F)F)cc1. The molecule has 1 aromatic carbocycles. The zero-order chi connectivity index (χ0) is 18.2. The summed E-state index contributed by atoms with van der Waals surface area (Å²) in [5, 5.41) is 2.41. The lowest BCUT2D eigenvalue weighted by atomic mass is 10.1. The fourth-order valence-electron chi connectivity index (χ4n) is 1.98. The molecule has 1 amide bonds. The van der Waals surface area contributed by atoms with Gasteiger partial charge in [-0.25, -0.2) is 4.79 Å². The number of unbranched alkanes of at least 4 members (excludes halogenated alkanes) is 3. The second-order valence-electron chi connectivity index (χ2n) is 5.50. The maximum atomic E-state index is 12.5. The Bertz CT molecular complexity index is 541. The third-order valence-corrected chi connectivity index (χ3v) is 3.42. The Hall–Kier alpha value is -2.05. The summed E-state index contributed by atoms with van der Waals surface area (Å²) >= 11 is 0. The maximum Gasteiger partial charge on any atom is 0.416 e. The van der Waals surface area contributed by atoms with Crippen molar-refractivity contribution in [3.63, 3.8) is 0 Å². The zero-order valence-electron chi connectivity index (χ0n) is 13.8. The quantitative estimate of drug-likeness (QED) is 0.573. The van der Waals surface area contributed by atoms with Gasteiger partial charge in [0, 0.05) is 5.56 Å². The van der Waals surface area contributed by atoms with Crippen LogP contribution in [0.5, 0.6) is 0 Å². The van der Waals surface area contributed by atoms with Gasteiger partial charge in [-0.15, -0.1) is 0 Å². The molecule has 0 aliphatic carbocycles. The number of hydrogen-bond donors (Lipinski definition) is 1. The summed E-state index contributed by atoms with van der Waals surface area (Å²) in [7, 11) is 0. The second kappa shape index (κ2) is 9.30. The summed E-state index contributed by atoms with van der Waals surface area (Å²) < 4.78 is 42.5. The minimum absolute atomic E-state index is 0.0468. The molecule has 0 heterocycles. The molecule has 0 saturated heterocycles. The number of hydrogen-bond acceptors (Lipinski definition) is 3.